The molecule has 6 heteroatoms. The standard InChI is InChI=1S/C18H19N3OS2/c1-3-4-16(22)20-14-7-5-13(6-8-14)15-11-24-18(21-15)9-17-19-12(2)10-23-17/h5-8,10-11H,3-4,9H2,1-2H3,(H,20,22). The van der Waals surface area contributed by atoms with Gasteiger partial charge in [-0.3, -0.25) is 4.79 Å². The van der Waals surface area contributed by atoms with Gasteiger partial charge >= 0.3 is 0 Å². The molecule has 3 aromatic rings. The maximum Gasteiger partial charge on any atom is 0.224 e. The van der Waals surface area contributed by atoms with Gasteiger partial charge in [0, 0.05) is 34.1 Å². The predicted octanol–water partition coefficient (Wildman–Crippen LogP) is 4.90. The molecule has 0 unspecified atom stereocenters. The minimum atomic E-state index is 0.0555. The Bertz CT molecular complexity index is 821. The van der Waals surface area contributed by atoms with Crippen LogP contribution in [0.25, 0.3) is 11.3 Å². The second-order valence-corrected chi connectivity index (χ2v) is 7.45. The highest BCUT2D eigenvalue weighted by Gasteiger charge is 2.08. The number of nitrogens with zero attached hydrogens (tertiary/aromatic N) is 2. The van der Waals surface area contributed by atoms with Gasteiger partial charge in [-0.2, -0.15) is 0 Å². The minimum Gasteiger partial charge on any atom is -0.326 e. The van der Waals surface area contributed by atoms with Crippen LogP contribution in [0.3, 0.4) is 0 Å². The lowest BCUT2D eigenvalue weighted by molar-refractivity contribution is -0.116. The molecule has 4 nitrogen and oxygen atoms in total. The van der Waals surface area contributed by atoms with Crippen LogP contribution in [0.4, 0.5) is 5.69 Å². The van der Waals surface area contributed by atoms with Crippen LogP contribution < -0.4 is 5.32 Å². The second-order valence-electron chi connectivity index (χ2n) is 5.56. The summed E-state index contributed by atoms with van der Waals surface area (Å²) in [5.74, 6) is 0.0555. The van der Waals surface area contributed by atoms with Crippen LogP contribution in [0.1, 0.15) is 35.5 Å². The summed E-state index contributed by atoms with van der Waals surface area (Å²) < 4.78 is 0. The molecule has 1 N–H and O–H groups in total. The lowest BCUT2D eigenvalue weighted by Gasteiger charge is -2.04. The van der Waals surface area contributed by atoms with E-state index in [1.165, 1.54) is 0 Å². The number of carbonyl (C=O) groups excluding carboxylic acids is 1. The fourth-order valence-electron chi connectivity index (χ4n) is 2.31. The molecule has 0 saturated heterocycles. The Morgan fingerprint density at radius 3 is 2.46 bits per heavy atom. The summed E-state index contributed by atoms with van der Waals surface area (Å²) in [4.78, 5) is 20.8. The number of hydrogen-bond acceptors (Lipinski definition) is 5. The van der Waals surface area contributed by atoms with E-state index in [-0.39, 0.29) is 5.91 Å². The quantitative estimate of drug-likeness (QED) is 0.682. The topological polar surface area (TPSA) is 54.9 Å². The molecule has 0 bridgehead atoms. The Morgan fingerprint density at radius 1 is 1.08 bits per heavy atom. The molecule has 0 spiro atoms. The second kappa shape index (κ2) is 7.68. The van der Waals surface area contributed by atoms with Gasteiger partial charge in [-0.1, -0.05) is 19.1 Å². The van der Waals surface area contributed by atoms with Crippen molar-refractivity contribution in [3.8, 4) is 11.3 Å². The Hall–Kier alpha value is -2.05. The average molecular weight is 358 g/mol. The summed E-state index contributed by atoms with van der Waals surface area (Å²) in [6.07, 6.45) is 2.19. The van der Waals surface area contributed by atoms with Crippen LogP contribution in [0, 0.1) is 6.92 Å². The van der Waals surface area contributed by atoms with Crippen LogP contribution in [0.2, 0.25) is 0 Å². The zero-order valence-corrected chi connectivity index (χ0v) is 15.3. The van der Waals surface area contributed by atoms with Gasteiger partial charge in [0.2, 0.25) is 5.91 Å². The van der Waals surface area contributed by atoms with Crippen LogP contribution in [-0.2, 0) is 11.2 Å². The van der Waals surface area contributed by atoms with E-state index in [1.807, 2.05) is 38.1 Å². The van der Waals surface area contributed by atoms with Crippen molar-refractivity contribution in [2.24, 2.45) is 0 Å². The molecule has 0 radical (unpaired) electrons. The summed E-state index contributed by atoms with van der Waals surface area (Å²) in [5, 5.41) is 9.20. The summed E-state index contributed by atoms with van der Waals surface area (Å²) in [7, 11) is 0. The molecule has 2 aromatic heterocycles. The first-order chi connectivity index (χ1) is 11.6. The van der Waals surface area contributed by atoms with Crippen LogP contribution >= 0.6 is 22.7 Å². The van der Waals surface area contributed by atoms with E-state index in [0.717, 1.165) is 45.5 Å². The molecule has 0 atom stereocenters. The third-order valence-corrected chi connectivity index (χ3v) is 5.28. The fraction of sp³-hybridized carbons (Fsp3) is 0.278. The Balaban J connectivity index is 1.67. The first-order valence-corrected chi connectivity index (χ1v) is 9.65. The van der Waals surface area contributed by atoms with Gasteiger partial charge in [0.05, 0.1) is 17.1 Å². The third kappa shape index (κ3) is 4.27. The van der Waals surface area contributed by atoms with Crippen molar-refractivity contribution in [3.63, 3.8) is 0 Å². The van der Waals surface area contributed by atoms with Gasteiger partial charge in [0.15, 0.2) is 0 Å². The molecule has 0 saturated carbocycles. The van der Waals surface area contributed by atoms with E-state index in [4.69, 9.17) is 4.98 Å². The highest BCUT2D eigenvalue weighted by atomic mass is 32.1. The first-order valence-electron chi connectivity index (χ1n) is 7.89. The molecule has 3 rings (SSSR count). The van der Waals surface area contributed by atoms with E-state index in [2.05, 4.69) is 21.1 Å². The average Bonchev–Trinajstić information content (AvgIpc) is 3.18. The lowest BCUT2D eigenvalue weighted by atomic mass is 10.1. The van der Waals surface area contributed by atoms with Crippen molar-refractivity contribution in [2.75, 3.05) is 5.32 Å². The van der Waals surface area contributed by atoms with Crippen molar-refractivity contribution in [1.82, 2.24) is 9.97 Å². The first kappa shape index (κ1) is 16.8. The molecule has 0 aliphatic carbocycles. The number of benzene rings is 1. The number of rotatable bonds is 6. The summed E-state index contributed by atoms with van der Waals surface area (Å²) >= 11 is 3.33. The molecule has 24 heavy (non-hydrogen) atoms. The van der Waals surface area contributed by atoms with Crippen molar-refractivity contribution >= 4 is 34.3 Å². The number of amides is 1. The number of anilines is 1. The van der Waals surface area contributed by atoms with Crippen molar-refractivity contribution in [1.29, 1.82) is 0 Å². The zero-order chi connectivity index (χ0) is 16.9. The summed E-state index contributed by atoms with van der Waals surface area (Å²) in [6.45, 7) is 4.00. The number of carbonyl (C=O) groups is 1. The largest absolute Gasteiger partial charge is 0.326 e. The monoisotopic (exact) mass is 357 g/mol. The molecule has 1 amide bonds. The van der Waals surface area contributed by atoms with E-state index in [9.17, 15) is 4.79 Å². The van der Waals surface area contributed by atoms with Gasteiger partial charge in [-0.05, 0) is 25.5 Å². The Labute approximate surface area is 149 Å². The highest BCUT2D eigenvalue weighted by Crippen LogP contribution is 2.25. The summed E-state index contributed by atoms with van der Waals surface area (Å²) in [6, 6.07) is 7.83. The number of aryl methyl sites for hydroxylation is 1. The van der Waals surface area contributed by atoms with Gasteiger partial charge in [-0.25, -0.2) is 9.97 Å². The summed E-state index contributed by atoms with van der Waals surface area (Å²) in [5.41, 5.74) is 3.91. The van der Waals surface area contributed by atoms with E-state index in [1.54, 1.807) is 22.7 Å². The van der Waals surface area contributed by atoms with Gasteiger partial charge < -0.3 is 5.32 Å². The number of hydrogen-bond donors (Lipinski definition) is 1. The molecule has 0 aliphatic rings. The maximum atomic E-state index is 11.6. The van der Waals surface area contributed by atoms with Crippen molar-refractivity contribution in [2.45, 2.75) is 33.1 Å². The van der Waals surface area contributed by atoms with Gasteiger partial charge in [0.25, 0.3) is 0 Å². The van der Waals surface area contributed by atoms with Crippen LogP contribution in [-0.4, -0.2) is 15.9 Å². The Morgan fingerprint density at radius 2 is 1.79 bits per heavy atom. The van der Waals surface area contributed by atoms with E-state index < -0.39 is 0 Å². The smallest absolute Gasteiger partial charge is 0.224 e. The molecule has 124 valence electrons. The highest BCUT2D eigenvalue weighted by molar-refractivity contribution is 7.11. The molecular weight excluding hydrogens is 338 g/mol. The molecule has 2 heterocycles. The van der Waals surface area contributed by atoms with Crippen LogP contribution in [0.15, 0.2) is 35.0 Å². The Kier molecular flexibility index (Phi) is 5.37. The van der Waals surface area contributed by atoms with Crippen molar-refractivity contribution < 1.29 is 4.79 Å². The van der Waals surface area contributed by atoms with Gasteiger partial charge in [-0.15, -0.1) is 22.7 Å². The molecule has 1 aromatic carbocycles. The molecule has 0 aliphatic heterocycles. The fourth-order valence-corrected chi connectivity index (χ4v) is 3.99. The number of thiazole rings is 2. The number of aromatic nitrogens is 2. The predicted molar refractivity (Wildman–Crippen MR) is 101 cm³/mol. The SMILES string of the molecule is CCCC(=O)Nc1ccc(-c2csc(Cc3nc(C)cs3)n2)cc1. The van der Waals surface area contributed by atoms with E-state index >= 15 is 0 Å². The van der Waals surface area contributed by atoms with Crippen LogP contribution in [0.5, 0.6) is 0 Å². The normalized spacial score (nSPS) is 10.8. The van der Waals surface area contributed by atoms with E-state index in [0.29, 0.717) is 6.42 Å². The maximum absolute atomic E-state index is 11.6. The zero-order valence-electron chi connectivity index (χ0n) is 13.7. The third-order valence-electron chi connectivity index (χ3n) is 3.46. The lowest BCUT2D eigenvalue weighted by Crippen LogP contribution is -2.10. The van der Waals surface area contributed by atoms with Crippen molar-refractivity contribution in [3.05, 3.63) is 50.7 Å². The van der Waals surface area contributed by atoms with Gasteiger partial charge in [0.1, 0.15) is 5.01 Å². The molecule has 0 fully saturated rings. The number of nitrogens with one attached hydrogen (secondary N) is 1. The minimum absolute atomic E-state index is 0.0555. The molecular formula is C18H19N3OS2.